The zero-order valence-electron chi connectivity index (χ0n) is 17.4. The number of hydroxylamine groups is 2. The molecular weight excluding hydrogens is 326 g/mol. The van der Waals surface area contributed by atoms with Crippen molar-refractivity contribution in [2.24, 2.45) is 0 Å². The highest BCUT2D eigenvalue weighted by atomic mass is 16.7. The van der Waals surface area contributed by atoms with Crippen molar-refractivity contribution in [2.45, 2.75) is 78.7 Å². The van der Waals surface area contributed by atoms with E-state index in [0.717, 1.165) is 22.3 Å². The molecule has 1 heterocycles. The normalized spacial score (nSPS) is 18.1. The van der Waals surface area contributed by atoms with Crippen molar-refractivity contribution in [2.75, 3.05) is 6.61 Å². The van der Waals surface area contributed by atoms with Gasteiger partial charge in [-0.05, 0) is 48.4 Å². The summed E-state index contributed by atoms with van der Waals surface area (Å²) in [6, 6.07) is 4.00. The summed E-state index contributed by atoms with van der Waals surface area (Å²) in [6.45, 7) is 16.9. The third kappa shape index (κ3) is 4.29. The van der Waals surface area contributed by atoms with Gasteiger partial charge in [0.05, 0.1) is 12.6 Å². The fourth-order valence-corrected chi connectivity index (χ4v) is 3.16. The second-order valence-corrected chi connectivity index (χ2v) is 9.44. The Kier molecular flexibility index (Phi) is 5.57. The summed E-state index contributed by atoms with van der Waals surface area (Å²) in [7, 11) is 0. The number of benzene rings is 1. The largest absolute Gasteiger partial charge is 0.507 e. The number of amides is 1. The molecule has 0 atom stereocenters. The lowest BCUT2D eigenvalue weighted by Gasteiger charge is -2.31. The Morgan fingerprint density at radius 1 is 1.08 bits per heavy atom. The molecule has 0 radical (unpaired) electrons. The highest BCUT2D eigenvalue weighted by Crippen LogP contribution is 2.40. The van der Waals surface area contributed by atoms with E-state index in [1.165, 1.54) is 5.06 Å². The van der Waals surface area contributed by atoms with Gasteiger partial charge in [0.1, 0.15) is 5.75 Å². The van der Waals surface area contributed by atoms with E-state index in [1.54, 1.807) is 0 Å². The minimum Gasteiger partial charge on any atom is -0.507 e. The van der Waals surface area contributed by atoms with Crippen LogP contribution in [-0.4, -0.2) is 28.7 Å². The number of carbonyl (C=O) groups excluding carboxylic acids is 1. The summed E-state index contributed by atoms with van der Waals surface area (Å²) in [5, 5.41) is 12.3. The molecule has 0 aromatic heterocycles. The molecule has 144 valence electrons. The highest BCUT2D eigenvalue weighted by Gasteiger charge is 2.29. The lowest BCUT2D eigenvalue weighted by atomic mass is 9.78. The Morgan fingerprint density at radius 2 is 1.58 bits per heavy atom. The van der Waals surface area contributed by atoms with E-state index >= 15 is 0 Å². The fraction of sp³-hybridized carbons (Fsp3) is 0.591. The third-order valence-corrected chi connectivity index (χ3v) is 4.63. The molecule has 0 spiro atoms. The van der Waals surface area contributed by atoms with Crippen molar-refractivity contribution in [3.63, 3.8) is 0 Å². The quantitative estimate of drug-likeness (QED) is 0.761. The van der Waals surface area contributed by atoms with Gasteiger partial charge in [0.2, 0.25) is 0 Å². The smallest absolute Gasteiger partial charge is 0.273 e. The first-order chi connectivity index (χ1) is 11.8. The van der Waals surface area contributed by atoms with Crippen LogP contribution < -0.4 is 0 Å². The molecule has 1 aromatic carbocycles. The lowest BCUT2D eigenvalue weighted by molar-refractivity contribution is -0.200. The fourth-order valence-electron chi connectivity index (χ4n) is 3.16. The molecule has 1 aromatic rings. The average Bonchev–Trinajstić information content (AvgIpc) is 2.48. The maximum absolute atomic E-state index is 12.7. The van der Waals surface area contributed by atoms with Crippen molar-refractivity contribution in [1.82, 2.24) is 5.06 Å². The van der Waals surface area contributed by atoms with Crippen molar-refractivity contribution < 1.29 is 14.7 Å². The van der Waals surface area contributed by atoms with Crippen LogP contribution in [0, 0.1) is 0 Å². The molecule has 26 heavy (non-hydrogen) atoms. The van der Waals surface area contributed by atoms with Crippen molar-refractivity contribution in [3.05, 3.63) is 34.4 Å². The Balaban J connectivity index is 2.58. The van der Waals surface area contributed by atoms with Gasteiger partial charge in [-0.25, -0.2) is 5.06 Å². The molecule has 1 aliphatic heterocycles. The maximum atomic E-state index is 12.7. The average molecular weight is 360 g/mol. The first-order valence-corrected chi connectivity index (χ1v) is 9.37. The first-order valence-electron chi connectivity index (χ1n) is 9.37. The van der Waals surface area contributed by atoms with Crippen LogP contribution in [0.5, 0.6) is 5.75 Å². The van der Waals surface area contributed by atoms with Crippen LogP contribution in [0.2, 0.25) is 0 Å². The van der Waals surface area contributed by atoms with Gasteiger partial charge in [-0.2, -0.15) is 0 Å². The van der Waals surface area contributed by atoms with Gasteiger partial charge in [-0.1, -0.05) is 41.5 Å². The molecule has 0 bridgehead atoms. The van der Waals surface area contributed by atoms with Crippen LogP contribution in [-0.2, 0) is 20.5 Å². The number of aromatic hydroxyl groups is 1. The van der Waals surface area contributed by atoms with E-state index in [-0.39, 0.29) is 22.8 Å². The molecule has 1 amide bonds. The lowest BCUT2D eigenvalue weighted by Crippen LogP contribution is -2.41. The van der Waals surface area contributed by atoms with Gasteiger partial charge in [0.25, 0.3) is 5.91 Å². The van der Waals surface area contributed by atoms with Crippen molar-refractivity contribution in [3.8, 4) is 5.75 Å². The number of hydrogen-bond donors (Lipinski definition) is 1. The number of nitrogens with zero attached hydrogens (tertiary/aromatic N) is 1. The molecule has 1 fully saturated rings. The molecule has 2 rings (SSSR count). The SMILES string of the molecule is CC(C)N1OCC/C(=C/c2cc(C(C)(C)C)c(O)c(C(C)(C)C)c2)C1=O. The maximum Gasteiger partial charge on any atom is 0.273 e. The van der Waals surface area contributed by atoms with Gasteiger partial charge in [-0.3, -0.25) is 9.63 Å². The summed E-state index contributed by atoms with van der Waals surface area (Å²) in [4.78, 5) is 18.2. The van der Waals surface area contributed by atoms with Gasteiger partial charge < -0.3 is 5.11 Å². The summed E-state index contributed by atoms with van der Waals surface area (Å²) in [6.07, 6.45) is 2.54. The molecular formula is C22H33NO3. The number of carbonyl (C=O) groups is 1. The topological polar surface area (TPSA) is 49.8 Å². The van der Waals surface area contributed by atoms with E-state index in [1.807, 2.05) is 32.1 Å². The highest BCUT2D eigenvalue weighted by molar-refractivity contribution is 5.98. The first kappa shape index (κ1) is 20.5. The van der Waals surface area contributed by atoms with Gasteiger partial charge in [0, 0.05) is 23.1 Å². The van der Waals surface area contributed by atoms with Crippen LogP contribution >= 0.6 is 0 Å². The van der Waals surface area contributed by atoms with Crippen LogP contribution in [0.25, 0.3) is 6.08 Å². The molecule has 1 saturated heterocycles. The zero-order valence-corrected chi connectivity index (χ0v) is 17.4. The summed E-state index contributed by atoms with van der Waals surface area (Å²) in [5.74, 6) is 0.281. The van der Waals surface area contributed by atoms with Crippen LogP contribution in [0.15, 0.2) is 17.7 Å². The summed E-state index contributed by atoms with van der Waals surface area (Å²) in [5.41, 5.74) is 3.11. The number of phenolic OH excluding ortho intramolecular Hbond substituents is 1. The third-order valence-electron chi connectivity index (χ3n) is 4.63. The van der Waals surface area contributed by atoms with E-state index in [4.69, 9.17) is 4.84 Å². The van der Waals surface area contributed by atoms with Crippen LogP contribution in [0.1, 0.15) is 78.5 Å². The molecule has 0 aliphatic carbocycles. The van der Waals surface area contributed by atoms with E-state index in [0.29, 0.717) is 18.8 Å². The summed E-state index contributed by atoms with van der Waals surface area (Å²) >= 11 is 0. The molecule has 1 aliphatic rings. The van der Waals surface area contributed by atoms with Gasteiger partial charge in [-0.15, -0.1) is 0 Å². The molecule has 4 heteroatoms. The second kappa shape index (κ2) is 7.07. The Labute approximate surface area is 157 Å². The van der Waals surface area contributed by atoms with Gasteiger partial charge >= 0.3 is 0 Å². The van der Waals surface area contributed by atoms with Crippen molar-refractivity contribution >= 4 is 12.0 Å². The molecule has 0 saturated carbocycles. The number of rotatable bonds is 2. The monoisotopic (exact) mass is 359 g/mol. The number of phenols is 1. The minimum absolute atomic E-state index is 0.00119. The van der Waals surface area contributed by atoms with Crippen LogP contribution in [0.4, 0.5) is 0 Å². The number of hydrogen-bond acceptors (Lipinski definition) is 3. The van der Waals surface area contributed by atoms with Gasteiger partial charge in [0.15, 0.2) is 0 Å². The summed E-state index contributed by atoms with van der Waals surface area (Å²) < 4.78 is 0. The van der Waals surface area contributed by atoms with E-state index < -0.39 is 0 Å². The molecule has 1 N–H and O–H groups in total. The predicted octanol–water partition coefficient (Wildman–Crippen LogP) is 4.94. The van der Waals surface area contributed by atoms with E-state index in [9.17, 15) is 9.90 Å². The Hall–Kier alpha value is -1.81. The standard InChI is InChI=1S/C22H33NO3/c1-14(2)23-20(25)16(9-10-26-23)11-15-12-17(21(3,4)5)19(24)18(13-15)22(6,7)8/h11-14,24H,9-10H2,1-8H3/b16-11-. The predicted molar refractivity (Wildman–Crippen MR) is 106 cm³/mol. The van der Waals surface area contributed by atoms with Crippen molar-refractivity contribution in [1.29, 1.82) is 0 Å². The second-order valence-electron chi connectivity index (χ2n) is 9.44. The zero-order chi connectivity index (χ0) is 19.9. The Morgan fingerprint density at radius 3 is 2.00 bits per heavy atom. The molecule has 0 unspecified atom stereocenters. The Bertz CT molecular complexity index is 683. The van der Waals surface area contributed by atoms with Crippen LogP contribution in [0.3, 0.4) is 0 Å². The minimum atomic E-state index is -0.192. The van der Waals surface area contributed by atoms with E-state index in [2.05, 4.69) is 41.5 Å². The molecule has 4 nitrogen and oxygen atoms in total.